The molecular weight excluding hydrogens is 466 g/mol. The van der Waals surface area contributed by atoms with Crippen LogP contribution in [-0.2, 0) is 24.0 Å². The minimum atomic E-state index is -1.70. The van der Waals surface area contributed by atoms with Crippen LogP contribution in [0, 0.1) is 11.3 Å². The van der Waals surface area contributed by atoms with Crippen molar-refractivity contribution in [2.75, 3.05) is 6.54 Å². The minimum Gasteiger partial charge on any atom is -0.481 e. The Bertz CT molecular complexity index is 777. The Balaban J connectivity index is 5.41. The second-order valence-electron chi connectivity index (χ2n) is 8.18. The third kappa shape index (κ3) is 12.0. The van der Waals surface area contributed by atoms with Crippen LogP contribution >= 0.6 is 0 Å². The Morgan fingerprint density at radius 2 is 1.51 bits per heavy atom. The zero-order valence-electron chi connectivity index (χ0n) is 20.0. The number of nitrogens with two attached hydrogens (primary N) is 2. The summed E-state index contributed by atoms with van der Waals surface area (Å²) in [6.07, 6.45) is -1.59. The number of aliphatic carboxylic acids is 2. The highest BCUT2D eigenvalue weighted by atomic mass is 16.4. The fraction of sp³-hybridized carbons (Fsp3) is 0.700. The maximum atomic E-state index is 12.7. The Morgan fingerprint density at radius 3 is 1.97 bits per heavy atom. The van der Waals surface area contributed by atoms with Crippen molar-refractivity contribution >= 4 is 35.6 Å². The van der Waals surface area contributed by atoms with Crippen LogP contribution in [0.25, 0.3) is 0 Å². The lowest BCUT2D eigenvalue weighted by Crippen LogP contribution is -2.60. The molecule has 0 spiro atoms. The van der Waals surface area contributed by atoms with E-state index in [1.807, 2.05) is 6.92 Å². The molecule has 35 heavy (non-hydrogen) atoms. The number of aliphatic hydroxyl groups is 1. The molecule has 15 nitrogen and oxygen atoms in total. The molecule has 0 rings (SSSR count). The van der Waals surface area contributed by atoms with Gasteiger partial charge in [-0.3, -0.25) is 24.6 Å². The van der Waals surface area contributed by atoms with Gasteiger partial charge in [-0.25, -0.2) is 4.79 Å². The summed E-state index contributed by atoms with van der Waals surface area (Å²) in [7, 11) is 0. The number of carboxylic acid groups (broad SMARTS) is 2. The van der Waals surface area contributed by atoms with E-state index in [0.717, 1.165) is 0 Å². The molecule has 0 aromatic rings. The molecule has 0 unspecified atom stereocenters. The van der Waals surface area contributed by atoms with Crippen molar-refractivity contribution in [2.45, 2.75) is 76.7 Å². The summed E-state index contributed by atoms with van der Waals surface area (Å²) in [6.45, 7) is 4.92. The van der Waals surface area contributed by atoms with Crippen molar-refractivity contribution in [1.82, 2.24) is 21.3 Å². The lowest BCUT2D eigenvalue weighted by atomic mass is 9.98. The first-order valence-corrected chi connectivity index (χ1v) is 11.1. The second kappa shape index (κ2) is 15.4. The van der Waals surface area contributed by atoms with Gasteiger partial charge in [-0.2, -0.15) is 0 Å². The summed E-state index contributed by atoms with van der Waals surface area (Å²) in [4.78, 5) is 60.4. The van der Waals surface area contributed by atoms with Gasteiger partial charge in [0.2, 0.25) is 17.7 Å². The highest BCUT2D eigenvalue weighted by molar-refractivity contribution is 5.95. The first-order chi connectivity index (χ1) is 16.2. The number of aliphatic hydroxyl groups excluding tert-OH is 1. The molecule has 0 saturated heterocycles. The lowest BCUT2D eigenvalue weighted by Gasteiger charge is -2.27. The summed E-state index contributed by atoms with van der Waals surface area (Å²) in [5, 5.41) is 44.6. The highest BCUT2D eigenvalue weighted by Gasteiger charge is 2.33. The van der Waals surface area contributed by atoms with Crippen LogP contribution < -0.4 is 32.7 Å². The van der Waals surface area contributed by atoms with Gasteiger partial charge in [0.15, 0.2) is 5.96 Å². The maximum absolute atomic E-state index is 12.7. The van der Waals surface area contributed by atoms with Crippen molar-refractivity contribution in [2.24, 2.45) is 17.4 Å². The fourth-order valence-corrected chi connectivity index (χ4v) is 2.87. The van der Waals surface area contributed by atoms with Gasteiger partial charge in [-0.1, -0.05) is 20.3 Å². The molecule has 0 fully saturated rings. The van der Waals surface area contributed by atoms with Crippen LogP contribution in [0.1, 0.15) is 46.5 Å². The molecule has 0 aromatic heterocycles. The maximum Gasteiger partial charge on any atom is 0.326 e. The zero-order chi connectivity index (χ0) is 27.3. The molecule has 6 atom stereocenters. The topological polar surface area (TPSA) is 270 Å². The molecule has 12 N–H and O–H groups in total. The monoisotopic (exact) mass is 503 g/mol. The Morgan fingerprint density at radius 1 is 0.943 bits per heavy atom. The standard InChI is InChI=1S/C20H37N7O8/c1-4-9(2)14(21)17(32)27-15(10(3)28)18(33)26-12(8-13(29)30)16(31)25-11(19(34)35)6-5-7-24-20(22)23/h9-12,14-15,28H,4-8,21H2,1-3H3,(H,25,31)(H,26,33)(H,27,32)(H,29,30)(H,34,35)(H4,22,23,24)/t9-,10+,11-,12-,14-,15-/m0/s1. The zero-order valence-corrected chi connectivity index (χ0v) is 20.0. The van der Waals surface area contributed by atoms with Crippen LogP contribution in [-0.4, -0.2) is 87.8 Å². The van der Waals surface area contributed by atoms with Crippen molar-refractivity contribution in [3.8, 4) is 0 Å². The average molecular weight is 504 g/mol. The summed E-state index contributed by atoms with van der Waals surface area (Å²) >= 11 is 0. The van der Waals surface area contributed by atoms with E-state index in [4.69, 9.17) is 22.0 Å². The molecule has 3 amide bonds. The first-order valence-electron chi connectivity index (χ1n) is 11.1. The van der Waals surface area contributed by atoms with E-state index in [0.29, 0.717) is 6.42 Å². The number of nitrogens with one attached hydrogen (secondary N) is 5. The number of hydrogen-bond acceptors (Lipinski definition) is 8. The summed E-state index contributed by atoms with van der Waals surface area (Å²) in [5.41, 5.74) is 11.0. The van der Waals surface area contributed by atoms with Gasteiger partial charge in [-0.05, 0) is 25.7 Å². The predicted molar refractivity (Wildman–Crippen MR) is 124 cm³/mol. The van der Waals surface area contributed by atoms with Crippen LogP contribution in [0.2, 0.25) is 0 Å². The molecule has 200 valence electrons. The molecule has 0 aromatic carbocycles. The number of amides is 3. The Kier molecular flexibility index (Phi) is 13.9. The van der Waals surface area contributed by atoms with Crippen molar-refractivity contribution < 1.29 is 39.3 Å². The fourth-order valence-electron chi connectivity index (χ4n) is 2.87. The molecule has 0 heterocycles. The molecule has 0 bridgehead atoms. The summed E-state index contributed by atoms with van der Waals surface area (Å²) in [6, 6.07) is -5.63. The third-order valence-electron chi connectivity index (χ3n) is 5.23. The van der Waals surface area contributed by atoms with Gasteiger partial charge in [-0.15, -0.1) is 0 Å². The number of carbonyl (C=O) groups excluding carboxylic acids is 3. The number of rotatable bonds is 16. The Labute approximate surface area is 202 Å². The van der Waals surface area contributed by atoms with Crippen LogP contribution in [0.3, 0.4) is 0 Å². The van der Waals surface area contributed by atoms with E-state index in [9.17, 15) is 34.2 Å². The third-order valence-corrected chi connectivity index (χ3v) is 5.23. The van der Waals surface area contributed by atoms with Gasteiger partial charge in [0.25, 0.3) is 0 Å². The number of carboxylic acids is 2. The molecular formula is C20H37N7O8. The van der Waals surface area contributed by atoms with Gasteiger partial charge in [0.05, 0.1) is 18.6 Å². The van der Waals surface area contributed by atoms with E-state index < -0.39 is 66.4 Å². The molecule has 0 saturated carbocycles. The number of hydrogen-bond donors (Lipinski definition) is 10. The summed E-state index contributed by atoms with van der Waals surface area (Å²) in [5.74, 6) is -6.24. The van der Waals surface area contributed by atoms with Crippen molar-refractivity contribution in [3.05, 3.63) is 0 Å². The molecule has 0 radical (unpaired) electrons. The van der Waals surface area contributed by atoms with Crippen LogP contribution in [0.5, 0.6) is 0 Å². The van der Waals surface area contributed by atoms with E-state index in [2.05, 4.69) is 21.3 Å². The van der Waals surface area contributed by atoms with Gasteiger partial charge < -0.3 is 48.1 Å². The number of carbonyl (C=O) groups is 5. The largest absolute Gasteiger partial charge is 0.481 e. The van der Waals surface area contributed by atoms with E-state index in [1.54, 1.807) is 6.92 Å². The smallest absolute Gasteiger partial charge is 0.326 e. The SMILES string of the molecule is CC[C@H](C)[C@H](N)C(=O)N[C@H](C(=O)N[C@@H](CC(=O)O)C(=O)N[C@@H](CCCNC(=N)N)C(=O)O)[C@@H](C)O. The van der Waals surface area contributed by atoms with E-state index >= 15 is 0 Å². The minimum absolute atomic E-state index is 0.0745. The van der Waals surface area contributed by atoms with Crippen LogP contribution in [0.4, 0.5) is 0 Å². The summed E-state index contributed by atoms with van der Waals surface area (Å²) < 4.78 is 0. The Hall–Kier alpha value is -3.46. The first kappa shape index (κ1) is 31.5. The predicted octanol–water partition coefficient (Wildman–Crippen LogP) is -2.98. The molecule has 15 heteroatoms. The normalized spacial score (nSPS) is 15.9. The molecule has 0 aliphatic carbocycles. The van der Waals surface area contributed by atoms with Crippen LogP contribution in [0.15, 0.2) is 0 Å². The van der Waals surface area contributed by atoms with Crippen molar-refractivity contribution in [1.29, 1.82) is 5.41 Å². The lowest BCUT2D eigenvalue weighted by molar-refractivity contribution is -0.144. The average Bonchev–Trinajstić information content (AvgIpc) is 2.76. The van der Waals surface area contributed by atoms with Gasteiger partial charge in [0, 0.05) is 6.54 Å². The number of guanidine groups is 1. The quantitative estimate of drug-likeness (QED) is 0.0576. The van der Waals surface area contributed by atoms with E-state index in [1.165, 1.54) is 6.92 Å². The van der Waals surface area contributed by atoms with Gasteiger partial charge in [0.1, 0.15) is 18.1 Å². The molecule has 0 aliphatic heterocycles. The van der Waals surface area contributed by atoms with Crippen molar-refractivity contribution in [3.63, 3.8) is 0 Å². The van der Waals surface area contributed by atoms with E-state index in [-0.39, 0.29) is 31.3 Å². The van der Waals surface area contributed by atoms with Gasteiger partial charge >= 0.3 is 11.9 Å². The second-order valence-corrected chi connectivity index (χ2v) is 8.18. The molecule has 0 aliphatic rings. The highest BCUT2D eigenvalue weighted by Crippen LogP contribution is 2.07.